The van der Waals surface area contributed by atoms with E-state index in [4.69, 9.17) is 5.11 Å². The summed E-state index contributed by atoms with van der Waals surface area (Å²) in [6.07, 6.45) is 0. The van der Waals surface area contributed by atoms with Gasteiger partial charge in [-0.2, -0.15) is 0 Å². The molecule has 2 nitrogen and oxygen atoms in total. The van der Waals surface area contributed by atoms with Crippen molar-refractivity contribution in [1.82, 2.24) is 0 Å². The normalized spacial score (nSPS) is 10.7. The molecule has 0 aliphatic carbocycles. The van der Waals surface area contributed by atoms with Crippen molar-refractivity contribution in [1.29, 1.82) is 0 Å². The summed E-state index contributed by atoms with van der Waals surface area (Å²) in [5, 5.41) is 10.9. The van der Waals surface area contributed by atoms with Crippen molar-refractivity contribution in [2.45, 2.75) is 0 Å². The number of halogens is 2. The van der Waals surface area contributed by atoms with Gasteiger partial charge in [-0.1, -0.05) is 0 Å². The van der Waals surface area contributed by atoms with E-state index in [0.29, 0.717) is 8.96 Å². The maximum atomic E-state index is 13.6. The summed E-state index contributed by atoms with van der Waals surface area (Å²) in [7, 11) is 0. The predicted octanol–water partition coefficient (Wildman–Crippen LogP) is 3.34. The van der Waals surface area contributed by atoms with Gasteiger partial charge in [-0.05, 0) is 40.1 Å². The molecule has 0 unspecified atom stereocenters. The molecule has 0 saturated heterocycles. The molecule has 14 heavy (non-hydrogen) atoms. The Morgan fingerprint density at radius 2 is 2.29 bits per heavy atom. The summed E-state index contributed by atoms with van der Waals surface area (Å²) in [5.41, 5.74) is -0.239. The predicted molar refractivity (Wildman–Crippen MR) is 61.5 cm³/mol. The van der Waals surface area contributed by atoms with E-state index in [9.17, 15) is 9.18 Å². The van der Waals surface area contributed by atoms with Gasteiger partial charge >= 0.3 is 5.97 Å². The largest absolute Gasteiger partial charge is 0.478 e. The minimum absolute atomic E-state index is 0.239. The van der Waals surface area contributed by atoms with Crippen LogP contribution in [0.2, 0.25) is 0 Å². The fourth-order valence-electron chi connectivity index (χ4n) is 1.24. The zero-order valence-electron chi connectivity index (χ0n) is 6.75. The molecule has 1 aromatic heterocycles. The number of carboxylic acids is 1. The Labute approximate surface area is 96.5 Å². The number of carbonyl (C=O) groups is 1. The Morgan fingerprint density at radius 1 is 1.57 bits per heavy atom. The third kappa shape index (κ3) is 1.40. The Kier molecular flexibility index (Phi) is 2.44. The first-order chi connectivity index (χ1) is 6.61. The van der Waals surface area contributed by atoms with Gasteiger partial charge in [0.15, 0.2) is 0 Å². The number of fused-ring (bicyclic) bond motifs is 1. The Balaban J connectivity index is 2.89. The molecule has 5 heteroatoms. The van der Waals surface area contributed by atoms with E-state index in [0.717, 1.165) is 4.70 Å². The lowest BCUT2D eigenvalue weighted by molar-refractivity contribution is 0.0691. The molecule has 0 saturated carbocycles. The van der Waals surface area contributed by atoms with Crippen molar-refractivity contribution < 1.29 is 14.3 Å². The first-order valence-corrected chi connectivity index (χ1v) is 5.65. The van der Waals surface area contributed by atoms with Gasteiger partial charge in [0.05, 0.1) is 0 Å². The van der Waals surface area contributed by atoms with E-state index in [-0.39, 0.29) is 5.56 Å². The van der Waals surface area contributed by atoms with Crippen LogP contribution in [0.5, 0.6) is 0 Å². The lowest BCUT2D eigenvalue weighted by Crippen LogP contribution is -2.03. The highest BCUT2D eigenvalue weighted by Gasteiger charge is 2.18. The Morgan fingerprint density at radius 3 is 2.93 bits per heavy atom. The zero-order valence-corrected chi connectivity index (χ0v) is 9.73. The highest BCUT2D eigenvalue weighted by atomic mass is 127. The van der Waals surface area contributed by atoms with Gasteiger partial charge in [0.2, 0.25) is 0 Å². The fraction of sp³-hybridized carbons (Fsp3) is 0. The van der Waals surface area contributed by atoms with Crippen molar-refractivity contribution in [2.24, 2.45) is 0 Å². The number of rotatable bonds is 1. The van der Waals surface area contributed by atoms with Crippen LogP contribution in [0.3, 0.4) is 0 Å². The lowest BCUT2D eigenvalue weighted by atomic mass is 10.1. The van der Waals surface area contributed by atoms with E-state index >= 15 is 0 Å². The van der Waals surface area contributed by atoms with Gasteiger partial charge in [-0.3, -0.25) is 0 Å². The number of thiophene rings is 1. The van der Waals surface area contributed by atoms with Crippen LogP contribution in [-0.2, 0) is 0 Å². The standard InChI is InChI=1S/C9H4FIO2S/c10-8-4-1-2-14-6(4)3-5(11)7(8)9(12)13/h1-3H,(H,12,13). The second-order valence-electron chi connectivity index (χ2n) is 2.68. The van der Waals surface area contributed by atoms with Crippen LogP contribution < -0.4 is 0 Å². The maximum absolute atomic E-state index is 13.6. The van der Waals surface area contributed by atoms with Crippen LogP contribution in [0, 0.1) is 9.39 Å². The van der Waals surface area contributed by atoms with Gasteiger partial charge in [0.1, 0.15) is 11.4 Å². The quantitative estimate of drug-likeness (QED) is 0.818. The summed E-state index contributed by atoms with van der Waals surface area (Å²) in [6.45, 7) is 0. The summed E-state index contributed by atoms with van der Waals surface area (Å²) in [6, 6.07) is 3.28. The third-order valence-corrected chi connectivity index (χ3v) is 3.58. The van der Waals surface area contributed by atoms with E-state index in [1.54, 1.807) is 17.5 Å². The lowest BCUT2D eigenvalue weighted by Gasteiger charge is -2.01. The number of aromatic carboxylic acids is 1. The molecule has 0 aliphatic heterocycles. The van der Waals surface area contributed by atoms with E-state index in [2.05, 4.69) is 0 Å². The molecule has 2 rings (SSSR count). The summed E-state index contributed by atoms with van der Waals surface area (Å²) < 4.78 is 14.8. The molecule has 0 aliphatic rings. The smallest absolute Gasteiger partial charge is 0.339 e. The van der Waals surface area contributed by atoms with Crippen LogP contribution >= 0.6 is 33.9 Å². The molecule has 1 heterocycles. The van der Waals surface area contributed by atoms with Gasteiger partial charge in [0.25, 0.3) is 0 Å². The third-order valence-electron chi connectivity index (χ3n) is 1.86. The zero-order chi connectivity index (χ0) is 10.3. The molecule has 0 bridgehead atoms. The molecular weight excluding hydrogens is 318 g/mol. The van der Waals surface area contributed by atoms with Crippen molar-refractivity contribution in [2.75, 3.05) is 0 Å². The van der Waals surface area contributed by atoms with Crippen molar-refractivity contribution >= 4 is 50.0 Å². The molecule has 0 amide bonds. The van der Waals surface area contributed by atoms with Crippen LogP contribution in [-0.4, -0.2) is 11.1 Å². The fourth-order valence-corrected chi connectivity index (χ4v) is 3.05. The van der Waals surface area contributed by atoms with Crippen molar-refractivity contribution in [3.8, 4) is 0 Å². The van der Waals surface area contributed by atoms with E-state index in [1.807, 2.05) is 22.6 Å². The highest BCUT2D eigenvalue weighted by Crippen LogP contribution is 2.29. The maximum Gasteiger partial charge on any atom is 0.339 e. The topological polar surface area (TPSA) is 37.3 Å². The summed E-state index contributed by atoms with van der Waals surface area (Å²) >= 11 is 3.23. The highest BCUT2D eigenvalue weighted by molar-refractivity contribution is 14.1. The second-order valence-corrected chi connectivity index (χ2v) is 4.79. The van der Waals surface area contributed by atoms with Crippen molar-refractivity contribution in [3.63, 3.8) is 0 Å². The number of benzene rings is 1. The van der Waals surface area contributed by atoms with Gasteiger partial charge in [-0.25, -0.2) is 9.18 Å². The van der Waals surface area contributed by atoms with Gasteiger partial charge in [-0.15, -0.1) is 11.3 Å². The average molecular weight is 322 g/mol. The van der Waals surface area contributed by atoms with Crippen LogP contribution in [0.4, 0.5) is 4.39 Å². The van der Waals surface area contributed by atoms with Crippen LogP contribution in [0.1, 0.15) is 10.4 Å². The molecular formula is C9H4FIO2S. The molecule has 0 fully saturated rings. The monoisotopic (exact) mass is 322 g/mol. The SMILES string of the molecule is O=C(O)c1c(I)cc2sccc2c1F. The number of hydrogen-bond acceptors (Lipinski definition) is 2. The molecule has 1 N–H and O–H groups in total. The minimum atomic E-state index is -1.22. The Bertz CT molecular complexity index is 521. The molecule has 0 spiro atoms. The number of carboxylic acid groups (broad SMARTS) is 1. The van der Waals surface area contributed by atoms with E-state index < -0.39 is 11.8 Å². The molecule has 0 atom stereocenters. The minimum Gasteiger partial charge on any atom is -0.478 e. The van der Waals surface area contributed by atoms with Crippen LogP contribution in [0.25, 0.3) is 10.1 Å². The molecule has 1 aromatic carbocycles. The first kappa shape index (κ1) is 9.85. The first-order valence-electron chi connectivity index (χ1n) is 3.69. The molecule has 2 aromatic rings. The van der Waals surface area contributed by atoms with E-state index in [1.165, 1.54) is 11.3 Å². The second kappa shape index (κ2) is 3.47. The average Bonchev–Trinajstić information content (AvgIpc) is 2.50. The number of hydrogen-bond donors (Lipinski definition) is 1. The summed E-state index contributed by atoms with van der Waals surface area (Å²) in [5.74, 6) is -1.86. The van der Waals surface area contributed by atoms with Gasteiger partial charge in [0, 0.05) is 13.7 Å². The molecule has 72 valence electrons. The molecule has 0 radical (unpaired) electrons. The van der Waals surface area contributed by atoms with Gasteiger partial charge < -0.3 is 5.11 Å². The summed E-state index contributed by atoms with van der Waals surface area (Å²) in [4.78, 5) is 10.8. The van der Waals surface area contributed by atoms with Crippen LogP contribution in [0.15, 0.2) is 17.5 Å². The Hall–Kier alpha value is -0.690. The van der Waals surface area contributed by atoms with Crippen molar-refractivity contribution in [3.05, 3.63) is 32.5 Å².